The van der Waals surface area contributed by atoms with Crippen molar-refractivity contribution in [2.24, 2.45) is 0 Å². The van der Waals surface area contributed by atoms with Crippen LogP contribution in [0, 0.1) is 12.7 Å². The molecule has 0 aromatic heterocycles. The van der Waals surface area contributed by atoms with E-state index in [1.54, 1.807) is 18.3 Å². The van der Waals surface area contributed by atoms with Crippen LogP contribution in [-0.4, -0.2) is 0 Å². The highest BCUT2D eigenvalue weighted by Crippen LogP contribution is 2.31. The average molecular weight is 306 g/mol. The molecule has 0 unspecified atom stereocenters. The standard InChI is InChI=1S/C15H13BrFN/c1-3-18(14-8-6-13(17)7-9-14)15-10-12(16)5-4-11(15)2/h3-10H,1H2,2H3. The summed E-state index contributed by atoms with van der Waals surface area (Å²) in [5.41, 5.74) is 3.03. The van der Waals surface area contributed by atoms with Gasteiger partial charge in [0.05, 0.1) is 0 Å². The van der Waals surface area contributed by atoms with Gasteiger partial charge in [-0.3, -0.25) is 0 Å². The van der Waals surface area contributed by atoms with Crippen LogP contribution in [0.4, 0.5) is 15.8 Å². The zero-order chi connectivity index (χ0) is 13.1. The summed E-state index contributed by atoms with van der Waals surface area (Å²) in [7, 11) is 0. The van der Waals surface area contributed by atoms with Gasteiger partial charge in [0.15, 0.2) is 0 Å². The Balaban J connectivity index is 2.48. The highest BCUT2D eigenvalue weighted by Gasteiger charge is 2.09. The summed E-state index contributed by atoms with van der Waals surface area (Å²) in [5.74, 6) is -0.242. The van der Waals surface area contributed by atoms with Crippen molar-refractivity contribution in [1.82, 2.24) is 0 Å². The molecule has 0 aliphatic heterocycles. The molecule has 92 valence electrons. The van der Waals surface area contributed by atoms with E-state index in [0.29, 0.717) is 0 Å². The molecule has 0 atom stereocenters. The first-order valence-corrected chi connectivity index (χ1v) is 6.34. The van der Waals surface area contributed by atoms with Gasteiger partial charge >= 0.3 is 0 Å². The van der Waals surface area contributed by atoms with E-state index in [9.17, 15) is 4.39 Å². The number of nitrogens with zero attached hydrogens (tertiary/aromatic N) is 1. The number of rotatable bonds is 3. The van der Waals surface area contributed by atoms with Crippen LogP contribution < -0.4 is 4.90 Å². The number of benzene rings is 2. The monoisotopic (exact) mass is 305 g/mol. The first-order chi connectivity index (χ1) is 8.61. The van der Waals surface area contributed by atoms with Crippen molar-refractivity contribution in [2.45, 2.75) is 6.92 Å². The van der Waals surface area contributed by atoms with E-state index in [1.807, 2.05) is 30.0 Å². The van der Waals surface area contributed by atoms with Gasteiger partial charge in [-0.05, 0) is 48.9 Å². The molecule has 0 radical (unpaired) electrons. The van der Waals surface area contributed by atoms with Crippen molar-refractivity contribution in [3.63, 3.8) is 0 Å². The number of aryl methyl sites for hydroxylation is 1. The van der Waals surface area contributed by atoms with Crippen LogP contribution in [0.2, 0.25) is 0 Å². The van der Waals surface area contributed by atoms with Crippen LogP contribution in [-0.2, 0) is 0 Å². The third-order valence-corrected chi connectivity index (χ3v) is 3.21. The van der Waals surface area contributed by atoms with Crippen molar-refractivity contribution in [3.8, 4) is 0 Å². The number of hydrogen-bond donors (Lipinski definition) is 0. The van der Waals surface area contributed by atoms with Crippen molar-refractivity contribution >= 4 is 27.3 Å². The molecule has 2 aromatic carbocycles. The third kappa shape index (κ3) is 2.62. The maximum absolute atomic E-state index is 12.9. The van der Waals surface area contributed by atoms with E-state index in [1.165, 1.54) is 12.1 Å². The predicted octanol–water partition coefficient (Wildman–Crippen LogP) is 5.18. The molecule has 0 aliphatic carbocycles. The molecule has 18 heavy (non-hydrogen) atoms. The van der Waals surface area contributed by atoms with E-state index in [-0.39, 0.29) is 5.82 Å². The van der Waals surface area contributed by atoms with E-state index in [2.05, 4.69) is 22.5 Å². The lowest BCUT2D eigenvalue weighted by Crippen LogP contribution is -2.09. The lowest BCUT2D eigenvalue weighted by Gasteiger charge is -2.22. The van der Waals surface area contributed by atoms with Crippen LogP contribution in [0.15, 0.2) is 59.7 Å². The Kier molecular flexibility index (Phi) is 3.82. The minimum Gasteiger partial charge on any atom is -0.317 e. The quantitative estimate of drug-likeness (QED) is 0.755. The molecule has 3 heteroatoms. The molecule has 0 saturated heterocycles. The average Bonchev–Trinajstić information content (AvgIpc) is 2.37. The number of anilines is 2. The lowest BCUT2D eigenvalue weighted by molar-refractivity contribution is 0.628. The van der Waals surface area contributed by atoms with Crippen LogP contribution in [0.1, 0.15) is 5.56 Å². The SMILES string of the molecule is C=CN(c1ccc(F)cc1)c1cc(Br)ccc1C. The van der Waals surface area contributed by atoms with E-state index >= 15 is 0 Å². The minimum atomic E-state index is -0.242. The highest BCUT2D eigenvalue weighted by molar-refractivity contribution is 9.10. The molecule has 1 nitrogen and oxygen atoms in total. The summed E-state index contributed by atoms with van der Waals surface area (Å²) in [6, 6.07) is 12.4. The summed E-state index contributed by atoms with van der Waals surface area (Å²) in [6.45, 7) is 5.85. The third-order valence-electron chi connectivity index (χ3n) is 2.72. The van der Waals surface area contributed by atoms with Gasteiger partial charge in [-0.1, -0.05) is 28.6 Å². The molecule has 2 rings (SSSR count). The van der Waals surface area contributed by atoms with Crippen LogP contribution in [0.5, 0.6) is 0 Å². The van der Waals surface area contributed by atoms with Gasteiger partial charge < -0.3 is 4.90 Å². The normalized spacial score (nSPS) is 10.2. The zero-order valence-electron chi connectivity index (χ0n) is 10.0. The van der Waals surface area contributed by atoms with Crippen LogP contribution in [0.25, 0.3) is 0 Å². The van der Waals surface area contributed by atoms with Gasteiger partial charge in [0.25, 0.3) is 0 Å². The Bertz CT molecular complexity index is 563. The largest absolute Gasteiger partial charge is 0.317 e. The summed E-state index contributed by atoms with van der Waals surface area (Å²) in [6.07, 6.45) is 1.72. The second-order valence-corrected chi connectivity index (χ2v) is 4.88. The van der Waals surface area contributed by atoms with E-state index in [4.69, 9.17) is 0 Å². The van der Waals surface area contributed by atoms with E-state index < -0.39 is 0 Å². The number of hydrogen-bond acceptors (Lipinski definition) is 1. The highest BCUT2D eigenvalue weighted by atomic mass is 79.9. The van der Waals surface area contributed by atoms with Gasteiger partial charge in [-0.15, -0.1) is 0 Å². The van der Waals surface area contributed by atoms with Gasteiger partial charge in [0.1, 0.15) is 5.82 Å². The van der Waals surface area contributed by atoms with Crippen LogP contribution >= 0.6 is 15.9 Å². The molecule has 0 bridgehead atoms. The van der Waals surface area contributed by atoms with Gasteiger partial charge in [-0.25, -0.2) is 4.39 Å². The molecule has 0 amide bonds. The Labute approximate surface area is 115 Å². The van der Waals surface area contributed by atoms with Crippen molar-refractivity contribution < 1.29 is 4.39 Å². The Morgan fingerprint density at radius 1 is 1.17 bits per heavy atom. The maximum Gasteiger partial charge on any atom is 0.123 e. The van der Waals surface area contributed by atoms with Gasteiger partial charge in [-0.2, -0.15) is 0 Å². The van der Waals surface area contributed by atoms with Crippen molar-refractivity contribution in [3.05, 3.63) is 71.1 Å². The molecule has 2 aromatic rings. The van der Waals surface area contributed by atoms with Crippen molar-refractivity contribution in [1.29, 1.82) is 0 Å². The molecule has 0 heterocycles. The Morgan fingerprint density at radius 3 is 2.44 bits per heavy atom. The molecule has 0 fully saturated rings. The van der Waals surface area contributed by atoms with Gasteiger partial charge in [0.2, 0.25) is 0 Å². The smallest absolute Gasteiger partial charge is 0.123 e. The second-order valence-electron chi connectivity index (χ2n) is 3.96. The Morgan fingerprint density at radius 2 is 1.83 bits per heavy atom. The minimum absolute atomic E-state index is 0.242. The summed E-state index contributed by atoms with van der Waals surface area (Å²) in [4.78, 5) is 1.93. The fraction of sp³-hybridized carbons (Fsp3) is 0.0667. The summed E-state index contributed by atoms with van der Waals surface area (Å²) >= 11 is 3.46. The van der Waals surface area contributed by atoms with Gasteiger partial charge in [0, 0.05) is 22.0 Å². The molecular formula is C15H13BrFN. The summed E-state index contributed by atoms with van der Waals surface area (Å²) < 4.78 is 13.9. The first kappa shape index (κ1) is 12.8. The van der Waals surface area contributed by atoms with Crippen molar-refractivity contribution in [2.75, 3.05) is 4.90 Å². The molecule has 0 aliphatic rings. The molecule has 0 saturated carbocycles. The predicted molar refractivity (Wildman–Crippen MR) is 77.6 cm³/mol. The zero-order valence-corrected chi connectivity index (χ0v) is 11.6. The lowest BCUT2D eigenvalue weighted by atomic mass is 10.1. The Hall–Kier alpha value is -1.61. The molecule has 0 spiro atoms. The topological polar surface area (TPSA) is 3.24 Å². The van der Waals surface area contributed by atoms with E-state index in [0.717, 1.165) is 21.4 Å². The fourth-order valence-corrected chi connectivity index (χ4v) is 2.14. The molecular weight excluding hydrogens is 293 g/mol. The maximum atomic E-state index is 12.9. The first-order valence-electron chi connectivity index (χ1n) is 5.55. The molecule has 0 N–H and O–H groups in total. The fourth-order valence-electron chi connectivity index (χ4n) is 1.79. The number of halogens is 2. The second kappa shape index (κ2) is 5.36. The van der Waals surface area contributed by atoms with Crippen LogP contribution in [0.3, 0.4) is 0 Å². The summed E-state index contributed by atoms with van der Waals surface area (Å²) in [5, 5.41) is 0.